The molecule has 1 fully saturated rings. The van der Waals surface area contributed by atoms with Crippen molar-refractivity contribution in [3.05, 3.63) is 69.2 Å². The van der Waals surface area contributed by atoms with Crippen LogP contribution in [0.3, 0.4) is 0 Å². The fraction of sp³-hybridized carbons (Fsp3) is 0.304. The third-order valence-corrected chi connectivity index (χ3v) is 6.27. The van der Waals surface area contributed by atoms with E-state index in [1.165, 1.54) is 10.6 Å². The molecule has 0 bridgehead atoms. The van der Waals surface area contributed by atoms with Gasteiger partial charge in [-0.3, -0.25) is 14.0 Å². The van der Waals surface area contributed by atoms with Gasteiger partial charge in [0.25, 0.3) is 5.56 Å². The molecule has 1 saturated heterocycles. The summed E-state index contributed by atoms with van der Waals surface area (Å²) in [5.74, 6) is 0.607. The molecule has 1 atom stereocenters. The molecule has 10 heteroatoms. The lowest BCUT2D eigenvalue weighted by Gasteiger charge is -2.34. The smallest absolute Gasteiger partial charge is 0.263 e. The first-order valence-corrected chi connectivity index (χ1v) is 10.9. The number of pyridine rings is 1. The number of benzene rings is 1. The van der Waals surface area contributed by atoms with Crippen molar-refractivity contribution in [1.82, 2.24) is 24.3 Å². The zero-order valence-corrected chi connectivity index (χ0v) is 19.2. The second-order valence-corrected chi connectivity index (χ2v) is 8.49. The Balaban J connectivity index is 1.68. The Morgan fingerprint density at radius 2 is 2.00 bits per heavy atom. The predicted octanol–water partition coefficient (Wildman–Crippen LogP) is 3.41. The predicted molar refractivity (Wildman–Crippen MR) is 124 cm³/mol. The quantitative estimate of drug-likeness (QED) is 0.458. The molecule has 1 aliphatic rings. The van der Waals surface area contributed by atoms with E-state index in [9.17, 15) is 9.18 Å². The van der Waals surface area contributed by atoms with Gasteiger partial charge in [-0.2, -0.15) is 5.10 Å². The van der Waals surface area contributed by atoms with Crippen molar-refractivity contribution in [2.45, 2.75) is 13.0 Å². The molecule has 0 amide bonds. The molecule has 170 valence electrons. The van der Waals surface area contributed by atoms with Gasteiger partial charge >= 0.3 is 0 Å². The minimum absolute atomic E-state index is 0.196. The summed E-state index contributed by atoms with van der Waals surface area (Å²) in [6, 6.07) is 8.05. The van der Waals surface area contributed by atoms with E-state index in [0.29, 0.717) is 36.9 Å². The van der Waals surface area contributed by atoms with Crippen LogP contribution in [0.1, 0.15) is 17.6 Å². The molecule has 0 spiro atoms. The Labute approximate surface area is 194 Å². The first-order chi connectivity index (χ1) is 15.8. The summed E-state index contributed by atoms with van der Waals surface area (Å²) in [5, 5.41) is 4.77. The van der Waals surface area contributed by atoms with Crippen LogP contribution in [-0.2, 0) is 18.8 Å². The maximum absolute atomic E-state index is 14.9. The third kappa shape index (κ3) is 3.77. The average molecular weight is 469 g/mol. The molecule has 0 aliphatic carbocycles. The van der Waals surface area contributed by atoms with Crippen LogP contribution in [0, 0.1) is 12.7 Å². The molecule has 8 nitrogen and oxygen atoms in total. The second-order valence-electron chi connectivity index (χ2n) is 8.06. The number of nitrogens with zero attached hydrogens (tertiary/aromatic N) is 6. The number of morpholine rings is 1. The van der Waals surface area contributed by atoms with Gasteiger partial charge in [-0.05, 0) is 31.2 Å². The zero-order chi connectivity index (χ0) is 23.3. The van der Waals surface area contributed by atoms with E-state index in [1.807, 2.05) is 13.1 Å². The van der Waals surface area contributed by atoms with Gasteiger partial charge in [-0.1, -0.05) is 11.6 Å². The number of anilines is 1. The number of fused-ring (bicyclic) bond motifs is 1. The zero-order valence-electron chi connectivity index (χ0n) is 18.4. The van der Waals surface area contributed by atoms with Gasteiger partial charge in [0.15, 0.2) is 0 Å². The third-order valence-electron chi connectivity index (χ3n) is 6.04. The van der Waals surface area contributed by atoms with Crippen LogP contribution in [0.15, 0.2) is 41.3 Å². The van der Waals surface area contributed by atoms with E-state index in [1.54, 1.807) is 43.0 Å². The number of hydrogen-bond donors (Lipinski definition) is 0. The lowest BCUT2D eigenvalue weighted by atomic mass is 10.1. The van der Waals surface area contributed by atoms with E-state index in [-0.39, 0.29) is 33.3 Å². The molecule has 0 saturated carbocycles. The number of aromatic nitrogens is 5. The Morgan fingerprint density at radius 1 is 1.18 bits per heavy atom. The first-order valence-electron chi connectivity index (χ1n) is 10.5. The molecule has 33 heavy (non-hydrogen) atoms. The van der Waals surface area contributed by atoms with Crippen LogP contribution < -0.4 is 10.5 Å². The number of ether oxygens (including phenoxy) is 1. The van der Waals surface area contributed by atoms with Crippen LogP contribution >= 0.6 is 11.6 Å². The Morgan fingerprint density at radius 3 is 2.73 bits per heavy atom. The van der Waals surface area contributed by atoms with Gasteiger partial charge < -0.3 is 9.64 Å². The van der Waals surface area contributed by atoms with E-state index < -0.39 is 5.82 Å². The Kier molecular flexibility index (Phi) is 5.38. The number of rotatable bonds is 3. The molecule has 3 aromatic heterocycles. The normalized spacial score (nSPS) is 16.5. The van der Waals surface area contributed by atoms with E-state index in [2.05, 4.69) is 15.0 Å². The monoisotopic (exact) mass is 468 g/mol. The highest BCUT2D eigenvalue weighted by Gasteiger charge is 2.27. The molecule has 4 aromatic rings. The van der Waals surface area contributed by atoms with E-state index in [4.69, 9.17) is 21.3 Å². The van der Waals surface area contributed by atoms with Crippen molar-refractivity contribution in [3.63, 3.8) is 0 Å². The Bertz CT molecular complexity index is 1430. The molecule has 0 N–H and O–H groups in total. The van der Waals surface area contributed by atoms with Crippen LogP contribution in [0.5, 0.6) is 0 Å². The molecule has 0 radical (unpaired) electrons. The van der Waals surface area contributed by atoms with Crippen LogP contribution in [0.25, 0.3) is 22.2 Å². The van der Waals surface area contributed by atoms with Crippen molar-refractivity contribution in [1.29, 1.82) is 0 Å². The van der Waals surface area contributed by atoms with Crippen molar-refractivity contribution in [2.24, 2.45) is 14.1 Å². The van der Waals surface area contributed by atoms with Crippen LogP contribution in [0.2, 0.25) is 5.02 Å². The largest absolute Gasteiger partial charge is 0.368 e. The number of halogens is 2. The van der Waals surface area contributed by atoms with Crippen molar-refractivity contribution >= 4 is 28.3 Å². The summed E-state index contributed by atoms with van der Waals surface area (Å²) >= 11 is 5.96. The number of hydrogen-bond acceptors (Lipinski definition) is 6. The lowest BCUT2D eigenvalue weighted by molar-refractivity contribution is 0.0343. The molecule has 4 heterocycles. The van der Waals surface area contributed by atoms with Gasteiger partial charge in [0.1, 0.15) is 23.6 Å². The van der Waals surface area contributed by atoms with Crippen molar-refractivity contribution in [3.8, 4) is 11.3 Å². The average Bonchev–Trinajstić information content (AvgIpc) is 3.23. The van der Waals surface area contributed by atoms with Gasteiger partial charge in [0.05, 0.1) is 35.4 Å². The molecule has 5 rings (SSSR count). The second kappa shape index (κ2) is 8.24. The maximum Gasteiger partial charge on any atom is 0.263 e. The van der Waals surface area contributed by atoms with Gasteiger partial charge in [-0.25, -0.2) is 14.4 Å². The molecular weight excluding hydrogens is 447 g/mol. The van der Waals surface area contributed by atoms with Crippen LogP contribution in [0.4, 0.5) is 10.2 Å². The number of aryl methyl sites for hydroxylation is 2. The molecule has 0 unspecified atom stereocenters. The summed E-state index contributed by atoms with van der Waals surface area (Å²) in [6.07, 6.45) is 1.54. The van der Waals surface area contributed by atoms with Crippen molar-refractivity contribution < 1.29 is 9.13 Å². The first kappa shape index (κ1) is 21.5. The fourth-order valence-corrected chi connectivity index (χ4v) is 4.31. The summed E-state index contributed by atoms with van der Waals surface area (Å²) < 4.78 is 24.1. The highest BCUT2D eigenvalue weighted by atomic mass is 35.5. The molecule has 1 aromatic carbocycles. The SMILES string of the molecule is Cc1nc2cc(N3CCO[C@H](c4ccnn4C)C3)nc(-c3ccc(Cl)cc3F)c2c(=O)n1C. The highest BCUT2D eigenvalue weighted by molar-refractivity contribution is 6.30. The van der Waals surface area contributed by atoms with Crippen LogP contribution in [-0.4, -0.2) is 44.0 Å². The van der Waals surface area contributed by atoms with E-state index >= 15 is 0 Å². The fourth-order valence-electron chi connectivity index (χ4n) is 4.16. The maximum atomic E-state index is 14.9. The summed E-state index contributed by atoms with van der Waals surface area (Å²) in [7, 11) is 3.51. The van der Waals surface area contributed by atoms with Gasteiger partial charge in [0, 0.05) is 43.5 Å². The van der Waals surface area contributed by atoms with Gasteiger partial charge in [0.2, 0.25) is 0 Å². The molecular formula is C23H22ClFN6O2. The highest BCUT2D eigenvalue weighted by Crippen LogP contribution is 2.32. The topological polar surface area (TPSA) is 78.1 Å². The standard InChI is InChI=1S/C23H22ClFN6O2/c1-13-27-17-11-20(31-8-9-33-19(12-31)18-6-7-26-30(18)3)28-22(21(17)23(32)29(13)2)15-5-4-14(24)10-16(15)25/h4-7,10-11,19H,8-9,12H2,1-3H3/t19-/m0/s1. The molecule has 1 aliphatic heterocycles. The summed E-state index contributed by atoms with van der Waals surface area (Å²) in [6.45, 7) is 3.38. The van der Waals surface area contributed by atoms with Gasteiger partial charge in [-0.15, -0.1) is 0 Å². The van der Waals surface area contributed by atoms with Crippen molar-refractivity contribution in [2.75, 3.05) is 24.6 Å². The summed E-state index contributed by atoms with van der Waals surface area (Å²) in [4.78, 5) is 24.6. The minimum atomic E-state index is -0.550. The lowest BCUT2D eigenvalue weighted by Crippen LogP contribution is -2.39. The minimum Gasteiger partial charge on any atom is -0.368 e. The van der Waals surface area contributed by atoms with E-state index in [0.717, 1.165) is 5.69 Å². The summed E-state index contributed by atoms with van der Waals surface area (Å²) in [5.41, 5.74) is 1.58. The Hall–Kier alpha value is -3.30.